The van der Waals surface area contributed by atoms with E-state index in [1.54, 1.807) is 18.2 Å². The van der Waals surface area contributed by atoms with Gasteiger partial charge in [0.15, 0.2) is 11.6 Å². The molecule has 0 aliphatic carbocycles. The molecule has 0 spiro atoms. The van der Waals surface area contributed by atoms with Gasteiger partial charge in [-0.2, -0.15) is 0 Å². The maximum atomic E-state index is 13.4. The third kappa shape index (κ3) is 2.65. The first-order valence-corrected chi connectivity index (χ1v) is 5.43. The molecular formula is C14H12F2O2. The maximum Gasteiger partial charge on any atom is 0.165 e. The van der Waals surface area contributed by atoms with Crippen LogP contribution in [0, 0.1) is 18.6 Å². The number of aryl methyl sites for hydroxylation is 1. The van der Waals surface area contributed by atoms with E-state index < -0.39 is 11.6 Å². The summed E-state index contributed by atoms with van der Waals surface area (Å²) < 4.78 is 31.7. The number of aliphatic hydroxyl groups excluding tert-OH is 1. The fraction of sp³-hybridized carbons (Fsp3) is 0.143. The van der Waals surface area contributed by atoms with Gasteiger partial charge in [0, 0.05) is 11.6 Å². The van der Waals surface area contributed by atoms with Crippen molar-refractivity contribution in [1.82, 2.24) is 0 Å². The highest BCUT2D eigenvalue weighted by molar-refractivity contribution is 5.40. The summed E-state index contributed by atoms with van der Waals surface area (Å²) in [6.07, 6.45) is 0. The third-order valence-corrected chi connectivity index (χ3v) is 2.50. The van der Waals surface area contributed by atoms with Gasteiger partial charge >= 0.3 is 0 Å². The van der Waals surface area contributed by atoms with Crippen molar-refractivity contribution in [3.8, 4) is 11.5 Å². The molecule has 2 aromatic carbocycles. The largest absolute Gasteiger partial charge is 0.454 e. The van der Waals surface area contributed by atoms with Crippen LogP contribution < -0.4 is 4.74 Å². The Hall–Kier alpha value is -1.94. The SMILES string of the molecule is Cc1ccc(Oc2cc(F)ccc2F)c(CO)c1. The van der Waals surface area contributed by atoms with Crippen LogP contribution in [0.5, 0.6) is 11.5 Å². The van der Waals surface area contributed by atoms with Gasteiger partial charge in [0.05, 0.1) is 6.61 Å². The molecule has 0 aliphatic heterocycles. The van der Waals surface area contributed by atoms with Crippen LogP contribution in [0.1, 0.15) is 11.1 Å². The topological polar surface area (TPSA) is 29.5 Å². The Labute approximate surface area is 103 Å². The zero-order valence-corrected chi connectivity index (χ0v) is 9.78. The van der Waals surface area contributed by atoms with E-state index in [9.17, 15) is 13.9 Å². The van der Waals surface area contributed by atoms with Crippen LogP contribution in [0.2, 0.25) is 0 Å². The van der Waals surface area contributed by atoms with Crippen LogP contribution in [0.3, 0.4) is 0 Å². The molecule has 0 radical (unpaired) electrons. The second-order valence-corrected chi connectivity index (χ2v) is 3.95. The molecule has 0 amide bonds. The summed E-state index contributed by atoms with van der Waals surface area (Å²) in [5, 5.41) is 9.20. The molecule has 0 saturated carbocycles. The van der Waals surface area contributed by atoms with Crippen LogP contribution in [-0.2, 0) is 6.61 Å². The van der Waals surface area contributed by atoms with E-state index in [4.69, 9.17) is 4.74 Å². The van der Waals surface area contributed by atoms with Crippen LogP contribution in [-0.4, -0.2) is 5.11 Å². The molecule has 2 rings (SSSR count). The quantitative estimate of drug-likeness (QED) is 0.902. The average molecular weight is 250 g/mol. The molecule has 2 aromatic rings. The molecule has 2 nitrogen and oxygen atoms in total. The van der Waals surface area contributed by atoms with Crippen molar-refractivity contribution >= 4 is 0 Å². The van der Waals surface area contributed by atoms with Crippen LogP contribution >= 0.6 is 0 Å². The van der Waals surface area contributed by atoms with E-state index >= 15 is 0 Å². The Morgan fingerprint density at radius 1 is 1.06 bits per heavy atom. The van der Waals surface area contributed by atoms with Crippen molar-refractivity contribution in [1.29, 1.82) is 0 Å². The van der Waals surface area contributed by atoms with E-state index in [-0.39, 0.29) is 12.4 Å². The first kappa shape index (κ1) is 12.5. The number of halogens is 2. The Bertz CT molecular complexity index is 568. The normalized spacial score (nSPS) is 10.4. The summed E-state index contributed by atoms with van der Waals surface area (Å²) in [4.78, 5) is 0. The summed E-state index contributed by atoms with van der Waals surface area (Å²) in [5.41, 5.74) is 1.48. The minimum absolute atomic E-state index is 0.200. The molecule has 0 bridgehead atoms. The number of hydrogen-bond acceptors (Lipinski definition) is 2. The highest BCUT2D eigenvalue weighted by Gasteiger charge is 2.09. The fourth-order valence-corrected chi connectivity index (χ4v) is 1.61. The first-order chi connectivity index (χ1) is 8.60. The molecule has 0 saturated heterocycles. The monoisotopic (exact) mass is 250 g/mol. The molecule has 0 atom stereocenters. The lowest BCUT2D eigenvalue weighted by molar-refractivity contribution is 0.276. The standard InChI is InChI=1S/C14H12F2O2/c1-9-2-5-13(10(6-9)8-17)18-14-7-11(15)3-4-12(14)16/h2-7,17H,8H2,1H3. The number of aliphatic hydroxyl groups is 1. The molecule has 0 unspecified atom stereocenters. The Kier molecular flexibility index (Phi) is 3.58. The van der Waals surface area contributed by atoms with Gasteiger partial charge in [0.2, 0.25) is 0 Å². The molecule has 0 heterocycles. The molecule has 4 heteroatoms. The van der Waals surface area contributed by atoms with Gasteiger partial charge in [0.25, 0.3) is 0 Å². The second-order valence-electron chi connectivity index (χ2n) is 3.95. The van der Waals surface area contributed by atoms with Crippen molar-refractivity contribution in [2.24, 2.45) is 0 Å². The molecule has 0 aromatic heterocycles. The van der Waals surface area contributed by atoms with Crippen molar-refractivity contribution in [3.63, 3.8) is 0 Å². The van der Waals surface area contributed by atoms with E-state index in [2.05, 4.69) is 0 Å². The van der Waals surface area contributed by atoms with Crippen molar-refractivity contribution < 1.29 is 18.6 Å². The van der Waals surface area contributed by atoms with Gasteiger partial charge in [-0.15, -0.1) is 0 Å². The summed E-state index contributed by atoms with van der Waals surface area (Å²) >= 11 is 0. The molecule has 0 aliphatic rings. The number of rotatable bonds is 3. The van der Waals surface area contributed by atoms with Crippen LogP contribution in [0.4, 0.5) is 8.78 Å². The molecular weight excluding hydrogens is 238 g/mol. The van der Waals surface area contributed by atoms with E-state index in [1.165, 1.54) is 0 Å². The third-order valence-electron chi connectivity index (χ3n) is 2.50. The van der Waals surface area contributed by atoms with Gasteiger partial charge in [-0.3, -0.25) is 0 Å². The van der Waals surface area contributed by atoms with Gasteiger partial charge < -0.3 is 9.84 Å². The second kappa shape index (κ2) is 5.14. The smallest absolute Gasteiger partial charge is 0.165 e. The minimum Gasteiger partial charge on any atom is -0.454 e. The predicted octanol–water partition coefficient (Wildman–Crippen LogP) is 3.56. The Morgan fingerprint density at radius 2 is 1.83 bits per heavy atom. The fourth-order valence-electron chi connectivity index (χ4n) is 1.61. The Balaban J connectivity index is 2.36. The van der Waals surface area contributed by atoms with E-state index in [0.717, 1.165) is 23.8 Å². The number of hydrogen-bond donors (Lipinski definition) is 1. The number of ether oxygens (including phenoxy) is 1. The summed E-state index contributed by atoms with van der Waals surface area (Å²) in [6.45, 7) is 1.64. The van der Waals surface area contributed by atoms with E-state index in [0.29, 0.717) is 11.3 Å². The highest BCUT2D eigenvalue weighted by Crippen LogP contribution is 2.28. The Morgan fingerprint density at radius 3 is 2.56 bits per heavy atom. The minimum atomic E-state index is -0.652. The van der Waals surface area contributed by atoms with Crippen molar-refractivity contribution in [2.45, 2.75) is 13.5 Å². The summed E-state index contributed by atoms with van der Waals surface area (Å²) in [6, 6.07) is 8.10. The number of benzene rings is 2. The summed E-state index contributed by atoms with van der Waals surface area (Å²) in [5.74, 6) is -1.12. The molecule has 0 fully saturated rings. The lowest BCUT2D eigenvalue weighted by atomic mass is 10.1. The van der Waals surface area contributed by atoms with Crippen LogP contribution in [0.25, 0.3) is 0 Å². The lowest BCUT2D eigenvalue weighted by Crippen LogP contribution is -1.95. The van der Waals surface area contributed by atoms with Gasteiger partial charge in [0.1, 0.15) is 11.6 Å². The molecule has 18 heavy (non-hydrogen) atoms. The maximum absolute atomic E-state index is 13.4. The average Bonchev–Trinajstić information content (AvgIpc) is 2.36. The lowest BCUT2D eigenvalue weighted by Gasteiger charge is -2.11. The van der Waals surface area contributed by atoms with Gasteiger partial charge in [-0.1, -0.05) is 17.7 Å². The molecule has 94 valence electrons. The van der Waals surface area contributed by atoms with Gasteiger partial charge in [-0.05, 0) is 25.1 Å². The predicted molar refractivity (Wildman–Crippen MR) is 63.5 cm³/mol. The van der Waals surface area contributed by atoms with Gasteiger partial charge in [-0.25, -0.2) is 8.78 Å². The highest BCUT2D eigenvalue weighted by atomic mass is 19.1. The van der Waals surface area contributed by atoms with Crippen molar-refractivity contribution in [3.05, 3.63) is 59.2 Å². The van der Waals surface area contributed by atoms with Crippen LogP contribution in [0.15, 0.2) is 36.4 Å². The summed E-state index contributed by atoms with van der Waals surface area (Å²) in [7, 11) is 0. The molecule has 1 N–H and O–H groups in total. The first-order valence-electron chi connectivity index (χ1n) is 5.43. The van der Waals surface area contributed by atoms with Crippen molar-refractivity contribution in [2.75, 3.05) is 0 Å². The zero-order chi connectivity index (χ0) is 13.1. The van der Waals surface area contributed by atoms with E-state index in [1.807, 2.05) is 6.92 Å². The zero-order valence-electron chi connectivity index (χ0n) is 9.78.